The molecule has 6 heteroatoms. The highest BCUT2D eigenvalue weighted by Crippen LogP contribution is 2.17. The van der Waals surface area contributed by atoms with E-state index in [1.807, 2.05) is 6.08 Å². The van der Waals surface area contributed by atoms with Gasteiger partial charge >= 0.3 is 5.97 Å². The van der Waals surface area contributed by atoms with E-state index in [0.717, 1.165) is 89.9 Å². The molecule has 3 N–H and O–H groups in total. The third-order valence-corrected chi connectivity index (χ3v) is 12.0. The third kappa shape index (κ3) is 47.3. The largest absolute Gasteiger partial charge is 0.462 e. The van der Waals surface area contributed by atoms with Crippen molar-refractivity contribution in [3.8, 4) is 0 Å². The Balaban J connectivity index is 4.71. The molecule has 0 radical (unpaired) electrons. The van der Waals surface area contributed by atoms with Crippen LogP contribution in [0.3, 0.4) is 0 Å². The summed E-state index contributed by atoms with van der Waals surface area (Å²) in [4.78, 5) is 26.2. The summed E-state index contributed by atoms with van der Waals surface area (Å²) < 4.78 is 5.90. The molecule has 374 valence electrons. The van der Waals surface area contributed by atoms with Gasteiger partial charge in [-0.15, -0.1) is 0 Å². The number of ether oxygens (including phenoxy) is 1. The van der Waals surface area contributed by atoms with Crippen LogP contribution in [0.4, 0.5) is 0 Å². The fourth-order valence-electron chi connectivity index (χ4n) is 7.86. The van der Waals surface area contributed by atoms with Crippen LogP contribution in [-0.2, 0) is 14.3 Å². The predicted molar refractivity (Wildman–Crippen MR) is 282 cm³/mol. The number of rotatable bonds is 48. The van der Waals surface area contributed by atoms with Crippen molar-refractivity contribution in [1.29, 1.82) is 0 Å². The maximum absolute atomic E-state index is 13.2. The van der Waals surface area contributed by atoms with Gasteiger partial charge in [0.05, 0.1) is 25.2 Å². The Kier molecular flexibility index (Phi) is 49.6. The number of amides is 1. The first-order chi connectivity index (χ1) is 32.0. The van der Waals surface area contributed by atoms with Crippen molar-refractivity contribution in [2.45, 2.75) is 270 Å². The van der Waals surface area contributed by atoms with E-state index in [0.29, 0.717) is 19.3 Å². The first-order valence-corrected chi connectivity index (χ1v) is 27.3. The highest BCUT2D eigenvalue weighted by Gasteiger charge is 2.24. The molecule has 0 spiro atoms. The highest BCUT2D eigenvalue weighted by molar-refractivity contribution is 5.77. The van der Waals surface area contributed by atoms with Gasteiger partial charge in [-0.2, -0.15) is 0 Å². The van der Waals surface area contributed by atoms with E-state index in [1.54, 1.807) is 0 Å². The summed E-state index contributed by atoms with van der Waals surface area (Å²) in [5.74, 6) is -0.590. The van der Waals surface area contributed by atoms with Crippen LogP contribution < -0.4 is 5.32 Å². The number of esters is 1. The molecule has 6 nitrogen and oxygen atoms in total. The zero-order chi connectivity index (χ0) is 47.4. The number of allylic oxidation sites excluding steroid dienone is 14. The third-order valence-electron chi connectivity index (χ3n) is 12.0. The molecular weight excluding hydrogens is 803 g/mol. The van der Waals surface area contributed by atoms with Gasteiger partial charge in [-0.25, -0.2) is 0 Å². The van der Waals surface area contributed by atoms with Gasteiger partial charge in [0.15, 0.2) is 0 Å². The summed E-state index contributed by atoms with van der Waals surface area (Å²) in [6.07, 6.45) is 67.9. The van der Waals surface area contributed by atoms with E-state index in [2.05, 4.69) is 105 Å². The van der Waals surface area contributed by atoms with E-state index in [1.165, 1.54) is 109 Å². The number of hydrogen-bond donors (Lipinski definition) is 3. The molecule has 0 rings (SSSR count). The topological polar surface area (TPSA) is 95.9 Å². The van der Waals surface area contributed by atoms with Crippen LogP contribution >= 0.6 is 0 Å². The average Bonchev–Trinajstić information content (AvgIpc) is 3.30. The summed E-state index contributed by atoms with van der Waals surface area (Å²) in [6.45, 7) is 6.35. The van der Waals surface area contributed by atoms with Crippen LogP contribution in [0.15, 0.2) is 85.1 Å². The predicted octanol–water partition coefficient (Wildman–Crippen LogP) is 16.7. The van der Waals surface area contributed by atoms with Crippen molar-refractivity contribution in [3.63, 3.8) is 0 Å². The van der Waals surface area contributed by atoms with Gasteiger partial charge in [-0.1, -0.05) is 234 Å². The van der Waals surface area contributed by atoms with Crippen LogP contribution in [0.1, 0.15) is 252 Å². The molecule has 0 aliphatic carbocycles. The second-order valence-corrected chi connectivity index (χ2v) is 18.2. The van der Waals surface area contributed by atoms with Crippen LogP contribution in [0, 0.1) is 0 Å². The lowest BCUT2D eigenvalue weighted by Crippen LogP contribution is -2.46. The van der Waals surface area contributed by atoms with Crippen molar-refractivity contribution in [1.82, 2.24) is 5.32 Å². The summed E-state index contributed by atoms with van der Waals surface area (Å²) in [5.41, 5.74) is 0. The van der Waals surface area contributed by atoms with Gasteiger partial charge in [0.1, 0.15) is 6.10 Å². The van der Waals surface area contributed by atoms with Gasteiger partial charge in [-0.3, -0.25) is 9.59 Å². The van der Waals surface area contributed by atoms with Crippen LogP contribution in [0.2, 0.25) is 0 Å². The van der Waals surface area contributed by atoms with Gasteiger partial charge in [0.25, 0.3) is 0 Å². The Hall–Kier alpha value is -2.96. The number of hydrogen-bond acceptors (Lipinski definition) is 5. The zero-order valence-electron chi connectivity index (χ0n) is 42.6. The normalized spacial score (nSPS) is 13.9. The minimum atomic E-state index is -0.807. The van der Waals surface area contributed by atoms with Crippen molar-refractivity contribution in [2.75, 3.05) is 6.61 Å². The lowest BCUT2D eigenvalue weighted by atomic mass is 10.0. The molecule has 0 aromatic heterocycles. The minimum absolute atomic E-state index is 0.0337. The number of aliphatic hydroxyl groups is 2. The molecule has 0 saturated heterocycles. The van der Waals surface area contributed by atoms with Crippen molar-refractivity contribution in [2.24, 2.45) is 0 Å². The Morgan fingerprint density at radius 3 is 1.28 bits per heavy atom. The maximum atomic E-state index is 13.2. The lowest BCUT2D eigenvalue weighted by Gasteiger charge is -2.24. The second-order valence-electron chi connectivity index (χ2n) is 18.2. The number of unbranched alkanes of at least 4 members (excludes halogenated alkanes) is 22. The smallest absolute Gasteiger partial charge is 0.306 e. The molecule has 0 bridgehead atoms. The molecule has 3 atom stereocenters. The fourth-order valence-corrected chi connectivity index (χ4v) is 7.86. The summed E-state index contributed by atoms with van der Waals surface area (Å²) in [5, 5.41) is 23.8. The Morgan fingerprint density at radius 2 is 0.831 bits per heavy atom. The summed E-state index contributed by atoms with van der Waals surface area (Å²) in [6, 6.07) is -0.725. The molecule has 1 amide bonds. The van der Waals surface area contributed by atoms with E-state index in [-0.39, 0.29) is 31.3 Å². The highest BCUT2D eigenvalue weighted by atomic mass is 16.5. The average molecular weight is 906 g/mol. The second kappa shape index (κ2) is 52.0. The quantitative estimate of drug-likeness (QED) is 0.0321. The van der Waals surface area contributed by atoms with Gasteiger partial charge < -0.3 is 20.3 Å². The minimum Gasteiger partial charge on any atom is -0.462 e. The number of aliphatic hydroxyl groups excluding tert-OH is 2. The Morgan fingerprint density at radius 1 is 0.462 bits per heavy atom. The lowest BCUT2D eigenvalue weighted by molar-refractivity contribution is -0.150. The zero-order valence-corrected chi connectivity index (χ0v) is 42.6. The van der Waals surface area contributed by atoms with Crippen LogP contribution in [-0.4, -0.2) is 46.9 Å². The molecule has 0 aliphatic rings. The van der Waals surface area contributed by atoms with Crippen molar-refractivity contribution >= 4 is 11.9 Å². The number of nitrogens with one attached hydrogen (secondary N) is 1. The molecular formula is C59H103NO5. The monoisotopic (exact) mass is 906 g/mol. The van der Waals surface area contributed by atoms with Gasteiger partial charge in [0.2, 0.25) is 5.91 Å². The number of carbonyl (C=O) groups is 2. The van der Waals surface area contributed by atoms with Gasteiger partial charge in [-0.05, 0) is 89.9 Å². The molecule has 0 aliphatic heterocycles. The number of carbonyl (C=O) groups excluding carboxylic acids is 2. The molecule has 0 fully saturated rings. The fraction of sp³-hybridized carbons (Fsp3) is 0.729. The summed E-state index contributed by atoms with van der Waals surface area (Å²) >= 11 is 0. The molecule has 65 heavy (non-hydrogen) atoms. The first kappa shape index (κ1) is 62.0. The standard InChI is InChI=1S/C59H103NO5/c1-4-7-10-13-16-19-22-25-27-28-29-30-31-34-37-40-43-46-49-52-59(64)65-55(50-47-44-41-38-35-33-26-23-20-17-14-11-8-5-2)53-58(63)60-56(54-61)57(62)51-48-45-42-39-36-32-24-21-18-15-12-9-6-3/h7,10,16,19,25,27,29-30,33-35,37,43,46,55-57,61-62H,4-6,8-9,11-15,17-18,20-24,26,28,31-32,36,38-42,44-45,47-54H2,1-3H3,(H,60,63)/b10-7-,19-16-,27-25-,30-29-,35-33+,37-34-,46-43-. The molecule has 0 saturated carbocycles. The van der Waals surface area contributed by atoms with E-state index in [4.69, 9.17) is 4.74 Å². The Bertz CT molecular complexity index is 1250. The van der Waals surface area contributed by atoms with Crippen molar-refractivity contribution in [3.05, 3.63) is 85.1 Å². The summed E-state index contributed by atoms with van der Waals surface area (Å²) in [7, 11) is 0. The van der Waals surface area contributed by atoms with Gasteiger partial charge in [0, 0.05) is 6.42 Å². The molecule has 3 unspecified atom stereocenters. The SMILES string of the molecule is CC/C=C\C/C=C\C/C=C\C/C=C\C/C=C\C/C=C\CCC(=O)OC(CCCCC/C=C/CCCCCCCCC)CC(=O)NC(CO)C(O)CCCCCCCCCCCCCCC. The maximum Gasteiger partial charge on any atom is 0.306 e. The van der Waals surface area contributed by atoms with Crippen molar-refractivity contribution < 1.29 is 24.5 Å². The first-order valence-electron chi connectivity index (χ1n) is 27.3. The molecule has 0 aromatic carbocycles. The molecule has 0 heterocycles. The van der Waals surface area contributed by atoms with E-state index in [9.17, 15) is 19.8 Å². The van der Waals surface area contributed by atoms with E-state index >= 15 is 0 Å². The van der Waals surface area contributed by atoms with Crippen LogP contribution in [0.25, 0.3) is 0 Å². The van der Waals surface area contributed by atoms with Crippen LogP contribution in [0.5, 0.6) is 0 Å². The van der Waals surface area contributed by atoms with E-state index < -0.39 is 18.2 Å². The Labute approximate surface area is 402 Å². The molecule has 0 aromatic rings.